The molecule has 1 aromatic carbocycles. The summed E-state index contributed by atoms with van der Waals surface area (Å²) in [6, 6.07) is -0.108. The molecule has 1 rings (SSSR count). The van der Waals surface area contributed by atoms with Crippen LogP contribution in [0.1, 0.15) is 17.9 Å². The summed E-state index contributed by atoms with van der Waals surface area (Å²) < 4.78 is 68.1. The third-order valence-corrected chi connectivity index (χ3v) is 3.97. The summed E-state index contributed by atoms with van der Waals surface area (Å²) in [6.45, 7) is 1.16. The van der Waals surface area contributed by atoms with Crippen LogP contribution < -0.4 is 0 Å². The second kappa shape index (κ2) is 4.95. The van der Waals surface area contributed by atoms with E-state index < -0.39 is 42.6 Å². The van der Waals surface area contributed by atoms with Crippen LogP contribution in [0.5, 0.6) is 0 Å². The second-order valence-corrected chi connectivity index (χ2v) is 6.91. The second-order valence-electron chi connectivity index (χ2n) is 4.06. The van der Waals surface area contributed by atoms with E-state index in [1.165, 1.54) is 6.92 Å². The third kappa shape index (κ3) is 4.19. The van der Waals surface area contributed by atoms with E-state index in [0.29, 0.717) is 0 Å². The zero-order valence-electron chi connectivity index (χ0n) is 10.8. The molecule has 22 heavy (non-hydrogen) atoms. The predicted molar refractivity (Wildman–Crippen MR) is 69.7 cm³/mol. The van der Waals surface area contributed by atoms with Gasteiger partial charge in [-0.05, 0) is 19.1 Å². The van der Waals surface area contributed by atoms with Gasteiger partial charge in [-0.15, -0.1) is 11.6 Å². The summed E-state index contributed by atoms with van der Waals surface area (Å²) in [6.07, 6.45) is 0. The van der Waals surface area contributed by atoms with Gasteiger partial charge in [-0.1, -0.05) is 19.4 Å². The zero-order chi connectivity index (χ0) is 17.4. The van der Waals surface area contributed by atoms with E-state index in [1.807, 2.05) is 0 Å². The van der Waals surface area contributed by atoms with E-state index in [4.69, 9.17) is 11.6 Å². The minimum Gasteiger partial charge on any atom is -0.465 e. The van der Waals surface area contributed by atoms with Gasteiger partial charge in [-0.2, -0.15) is 0 Å². The molecule has 0 spiro atoms. The quantitative estimate of drug-likeness (QED) is 0.238. The number of carbonyl (C=O) groups excluding carboxylic acids is 1. The Bertz CT molecular complexity index is 636. The van der Waals surface area contributed by atoms with Crippen LogP contribution in [-0.2, 0) is 9.53 Å². The Morgan fingerprint density at radius 3 is 2.32 bits per heavy atom. The number of ether oxygens (including phenoxy) is 1. The van der Waals surface area contributed by atoms with Crippen molar-refractivity contribution in [3.63, 3.8) is 0 Å². The number of halogens is 6. The van der Waals surface area contributed by atoms with Crippen molar-refractivity contribution < 1.29 is 33.9 Å². The van der Waals surface area contributed by atoms with Crippen molar-refractivity contribution in [2.45, 2.75) is 17.2 Å². The van der Waals surface area contributed by atoms with Crippen LogP contribution in [0.15, 0.2) is 23.1 Å². The number of nitro benzene ring substituents is 1. The van der Waals surface area contributed by atoms with Crippen molar-refractivity contribution in [3.8, 4) is 0 Å². The van der Waals surface area contributed by atoms with E-state index in [1.54, 1.807) is 0 Å². The molecular formula is C10H9ClF5NO4S. The molecule has 0 radical (unpaired) electrons. The van der Waals surface area contributed by atoms with E-state index in [0.717, 1.165) is 0 Å². The molecule has 0 saturated heterocycles. The van der Waals surface area contributed by atoms with Gasteiger partial charge < -0.3 is 4.74 Å². The Morgan fingerprint density at radius 2 is 1.91 bits per heavy atom. The highest BCUT2D eigenvalue weighted by Gasteiger charge is 2.65. The zero-order valence-corrected chi connectivity index (χ0v) is 12.3. The minimum absolute atomic E-state index is 0.127. The first-order chi connectivity index (χ1) is 9.67. The monoisotopic (exact) mass is 369 g/mol. The molecule has 5 nitrogen and oxygen atoms in total. The maximum absolute atomic E-state index is 12.7. The Labute approximate surface area is 125 Å². The molecule has 0 aliphatic rings. The number of rotatable bonds is 5. The number of hydrogen-bond donors (Lipinski definition) is 0. The van der Waals surface area contributed by atoms with Gasteiger partial charge in [0, 0.05) is 6.07 Å². The van der Waals surface area contributed by atoms with Crippen LogP contribution in [0.2, 0.25) is 0 Å². The summed E-state index contributed by atoms with van der Waals surface area (Å²) in [4.78, 5) is 18.6. The van der Waals surface area contributed by atoms with Gasteiger partial charge in [0.15, 0.2) is 5.38 Å². The lowest BCUT2D eigenvalue weighted by Crippen LogP contribution is -2.14. The van der Waals surface area contributed by atoms with Gasteiger partial charge >= 0.3 is 16.2 Å². The largest absolute Gasteiger partial charge is 0.465 e. The Hall–Kier alpha value is -1.62. The molecule has 0 aliphatic heterocycles. The Balaban J connectivity index is 3.54. The highest BCUT2D eigenvalue weighted by molar-refractivity contribution is 8.45. The maximum atomic E-state index is 12.7. The molecule has 126 valence electrons. The van der Waals surface area contributed by atoms with Gasteiger partial charge in [0.2, 0.25) is 0 Å². The molecule has 1 aromatic rings. The molecule has 1 unspecified atom stereocenters. The Morgan fingerprint density at radius 1 is 1.36 bits per heavy atom. The molecule has 0 N–H and O–H groups in total. The molecule has 0 aromatic heterocycles. The van der Waals surface area contributed by atoms with Crippen molar-refractivity contribution >= 4 is 33.5 Å². The average molecular weight is 370 g/mol. The van der Waals surface area contributed by atoms with Crippen LogP contribution in [0.4, 0.5) is 25.1 Å². The van der Waals surface area contributed by atoms with E-state index >= 15 is 0 Å². The van der Waals surface area contributed by atoms with Crippen molar-refractivity contribution in [3.05, 3.63) is 33.9 Å². The lowest BCUT2D eigenvalue weighted by atomic mass is 10.1. The number of carbonyl (C=O) groups is 1. The lowest BCUT2D eigenvalue weighted by Gasteiger charge is -2.40. The first kappa shape index (κ1) is 18.4. The number of benzene rings is 1. The SMILES string of the molecule is CCOC(=O)C(Cl)c1cc(S(F)(F)(F)(F)F)ccc1[N+](=O)[O-]. The van der Waals surface area contributed by atoms with Crippen molar-refractivity contribution in [1.29, 1.82) is 0 Å². The molecule has 0 amide bonds. The number of esters is 1. The summed E-state index contributed by atoms with van der Waals surface area (Å²) in [5.74, 6) is -1.29. The summed E-state index contributed by atoms with van der Waals surface area (Å²) in [5, 5.41) is 8.74. The first-order valence-corrected chi connectivity index (χ1v) is 7.89. The van der Waals surface area contributed by atoms with E-state index in [9.17, 15) is 34.3 Å². The predicted octanol–water partition coefficient (Wildman–Crippen LogP) is 5.10. The number of alkyl halides is 1. The lowest BCUT2D eigenvalue weighted by molar-refractivity contribution is -0.385. The van der Waals surface area contributed by atoms with E-state index in [2.05, 4.69) is 4.74 Å². The van der Waals surface area contributed by atoms with Crippen LogP contribution >= 0.6 is 21.8 Å². The average Bonchev–Trinajstić information content (AvgIpc) is 2.34. The normalized spacial score (nSPS) is 16.3. The number of nitrogens with zero attached hydrogens (tertiary/aromatic N) is 1. The summed E-state index contributed by atoms with van der Waals surface area (Å²) in [7, 11) is -10.1. The fourth-order valence-corrected chi connectivity index (χ4v) is 2.40. The number of nitro groups is 1. The smallest absolute Gasteiger partial charge is 0.328 e. The van der Waals surface area contributed by atoms with Crippen LogP contribution in [-0.4, -0.2) is 17.5 Å². The molecule has 0 aliphatic carbocycles. The van der Waals surface area contributed by atoms with Crippen molar-refractivity contribution in [1.82, 2.24) is 0 Å². The van der Waals surface area contributed by atoms with Gasteiger partial charge in [-0.25, -0.2) is 0 Å². The molecule has 0 bridgehead atoms. The van der Waals surface area contributed by atoms with Crippen molar-refractivity contribution in [2.75, 3.05) is 6.61 Å². The highest BCUT2D eigenvalue weighted by Crippen LogP contribution is 3.02. The van der Waals surface area contributed by atoms with Gasteiger partial charge in [0.05, 0.1) is 17.1 Å². The molecule has 0 saturated carbocycles. The van der Waals surface area contributed by atoms with Crippen LogP contribution in [0.3, 0.4) is 0 Å². The molecule has 0 heterocycles. The fraction of sp³-hybridized carbons (Fsp3) is 0.300. The fourth-order valence-electron chi connectivity index (χ4n) is 1.48. The first-order valence-electron chi connectivity index (χ1n) is 5.50. The topological polar surface area (TPSA) is 69.4 Å². The maximum Gasteiger partial charge on any atom is 0.328 e. The molecule has 1 atom stereocenters. The van der Waals surface area contributed by atoms with Gasteiger partial charge in [0.25, 0.3) is 5.69 Å². The van der Waals surface area contributed by atoms with Gasteiger partial charge in [-0.3, -0.25) is 14.9 Å². The standard InChI is InChI=1S/C10H9ClF5NO4S/c1-2-21-10(18)9(11)7-5-6(22(12,13,14,15)16)3-4-8(7)17(19)20/h3-5,9H,2H2,1H3. The Kier molecular flexibility index (Phi) is 4.14. The minimum atomic E-state index is -10.1. The molecular weight excluding hydrogens is 361 g/mol. The number of hydrogen-bond acceptors (Lipinski definition) is 4. The molecule has 0 fully saturated rings. The summed E-state index contributed by atoms with van der Waals surface area (Å²) >= 11 is 5.52. The summed E-state index contributed by atoms with van der Waals surface area (Å²) in [5.41, 5.74) is -2.02. The van der Waals surface area contributed by atoms with Crippen LogP contribution in [0.25, 0.3) is 0 Å². The third-order valence-electron chi connectivity index (χ3n) is 2.41. The van der Waals surface area contributed by atoms with Crippen LogP contribution in [0, 0.1) is 10.1 Å². The van der Waals surface area contributed by atoms with Crippen molar-refractivity contribution in [2.24, 2.45) is 0 Å². The molecule has 12 heteroatoms. The van der Waals surface area contributed by atoms with E-state index in [-0.39, 0.29) is 24.8 Å². The van der Waals surface area contributed by atoms with Gasteiger partial charge in [0.1, 0.15) is 4.90 Å². The highest BCUT2D eigenvalue weighted by atomic mass is 35.5.